The van der Waals surface area contributed by atoms with Crippen LogP contribution in [0.2, 0.25) is 10.0 Å². The summed E-state index contributed by atoms with van der Waals surface area (Å²) < 4.78 is 29.6. The number of benzene rings is 1. The van der Waals surface area contributed by atoms with Crippen LogP contribution in [0, 0.1) is 29.1 Å². The van der Waals surface area contributed by atoms with E-state index in [-0.39, 0.29) is 32.5 Å². The molecular formula is C25H32Cl2N2O4S. The van der Waals surface area contributed by atoms with Gasteiger partial charge in [0.1, 0.15) is 4.90 Å². The Morgan fingerprint density at radius 1 is 1.00 bits per heavy atom. The van der Waals surface area contributed by atoms with E-state index in [0.717, 1.165) is 51.4 Å². The zero-order chi connectivity index (χ0) is 24.3. The minimum atomic E-state index is -4.10. The quantitative estimate of drug-likeness (QED) is 0.528. The van der Waals surface area contributed by atoms with Gasteiger partial charge in [0.25, 0.3) is 0 Å². The van der Waals surface area contributed by atoms with Crippen LogP contribution in [0.1, 0.15) is 70.6 Å². The zero-order valence-electron chi connectivity index (χ0n) is 19.2. The Hall–Kier alpha value is -1.15. The lowest BCUT2D eigenvalue weighted by atomic mass is 9.45. The second-order valence-corrected chi connectivity index (χ2v) is 13.6. The molecule has 1 aromatic carbocycles. The second kappa shape index (κ2) is 8.75. The van der Waals surface area contributed by atoms with Gasteiger partial charge in [0.15, 0.2) is 5.78 Å². The molecule has 0 aliphatic heterocycles. The van der Waals surface area contributed by atoms with Gasteiger partial charge in [-0.25, -0.2) is 8.42 Å². The number of carbonyl (C=O) groups excluding carboxylic acids is 2. The number of primary amides is 1. The fourth-order valence-corrected chi connectivity index (χ4v) is 10.4. The van der Waals surface area contributed by atoms with Gasteiger partial charge in [-0.2, -0.15) is 4.72 Å². The molecule has 5 saturated carbocycles. The summed E-state index contributed by atoms with van der Waals surface area (Å²) in [6.07, 6.45) is 8.34. The molecule has 34 heavy (non-hydrogen) atoms. The van der Waals surface area contributed by atoms with Crippen molar-refractivity contribution in [2.75, 3.05) is 0 Å². The van der Waals surface area contributed by atoms with E-state index in [9.17, 15) is 18.0 Å². The molecule has 4 bridgehead atoms. The van der Waals surface area contributed by atoms with Crippen molar-refractivity contribution in [1.29, 1.82) is 0 Å². The summed E-state index contributed by atoms with van der Waals surface area (Å²) in [5.74, 6) is 1.08. The lowest BCUT2D eigenvalue weighted by molar-refractivity contribution is -0.152. The SMILES string of the molecule is NC(=O)C12CC3CC(C1)C(CC(=O)C1(NS(=O)(=O)c4c(Cl)cccc4Cl)CCCCC1)C(C3)C2. The van der Waals surface area contributed by atoms with E-state index >= 15 is 0 Å². The fraction of sp³-hybridized carbons (Fsp3) is 0.680. The summed E-state index contributed by atoms with van der Waals surface area (Å²) >= 11 is 12.4. The minimum absolute atomic E-state index is 0.0375. The molecule has 5 aliphatic carbocycles. The number of nitrogens with one attached hydrogen (secondary N) is 1. The van der Waals surface area contributed by atoms with E-state index in [0.29, 0.717) is 37.0 Å². The third-order valence-corrected chi connectivity index (χ3v) is 11.7. The predicted molar refractivity (Wildman–Crippen MR) is 131 cm³/mol. The molecule has 0 heterocycles. The van der Waals surface area contributed by atoms with Crippen LogP contribution < -0.4 is 10.5 Å². The number of amides is 1. The lowest BCUT2D eigenvalue weighted by Gasteiger charge is -2.59. The van der Waals surface area contributed by atoms with Crippen molar-refractivity contribution >= 4 is 44.9 Å². The normalized spacial score (nSPS) is 34.2. The van der Waals surface area contributed by atoms with Gasteiger partial charge >= 0.3 is 0 Å². The maximum absolute atomic E-state index is 13.9. The summed E-state index contributed by atoms with van der Waals surface area (Å²) in [6, 6.07) is 4.57. The van der Waals surface area contributed by atoms with Gasteiger partial charge in [-0.05, 0) is 80.8 Å². The van der Waals surface area contributed by atoms with Crippen molar-refractivity contribution in [3.8, 4) is 0 Å². The van der Waals surface area contributed by atoms with Crippen molar-refractivity contribution in [3.05, 3.63) is 28.2 Å². The number of sulfonamides is 1. The van der Waals surface area contributed by atoms with Crippen molar-refractivity contribution in [1.82, 2.24) is 4.72 Å². The average Bonchev–Trinajstić information content (AvgIpc) is 2.75. The number of carbonyl (C=O) groups is 2. The van der Waals surface area contributed by atoms with Crippen molar-refractivity contribution in [2.24, 2.45) is 34.8 Å². The Morgan fingerprint density at radius 2 is 1.59 bits per heavy atom. The maximum atomic E-state index is 13.9. The maximum Gasteiger partial charge on any atom is 0.244 e. The molecule has 5 fully saturated rings. The first-order chi connectivity index (χ1) is 16.1. The second-order valence-electron chi connectivity index (χ2n) is 11.2. The predicted octanol–water partition coefficient (Wildman–Crippen LogP) is 4.86. The third-order valence-electron chi connectivity index (χ3n) is 9.17. The van der Waals surface area contributed by atoms with Gasteiger partial charge in [0.05, 0.1) is 15.6 Å². The molecule has 0 saturated heterocycles. The average molecular weight is 528 g/mol. The van der Waals surface area contributed by atoms with E-state index in [1.54, 1.807) is 6.07 Å². The number of Topliss-reactive ketones (excluding diaryl/α,β-unsaturated/α-hetero) is 1. The summed E-state index contributed by atoms with van der Waals surface area (Å²) in [4.78, 5) is 26.0. The van der Waals surface area contributed by atoms with Crippen LogP contribution in [-0.4, -0.2) is 25.6 Å². The highest BCUT2D eigenvalue weighted by atomic mass is 35.5. The Labute approximate surface area is 211 Å². The molecular weight excluding hydrogens is 495 g/mol. The van der Waals surface area contributed by atoms with Crippen LogP contribution in [0.4, 0.5) is 0 Å². The van der Waals surface area contributed by atoms with E-state index in [1.807, 2.05) is 0 Å². The minimum Gasteiger partial charge on any atom is -0.369 e. The highest BCUT2D eigenvalue weighted by Gasteiger charge is 2.58. The smallest absolute Gasteiger partial charge is 0.244 e. The molecule has 0 spiro atoms. The molecule has 3 N–H and O–H groups in total. The molecule has 9 heteroatoms. The van der Waals surface area contributed by atoms with E-state index in [2.05, 4.69) is 4.72 Å². The van der Waals surface area contributed by atoms with Crippen LogP contribution in [-0.2, 0) is 19.6 Å². The molecule has 186 valence electrons. The number of hydrogen-bond donors (Lipinski definition) is 2. The molecule has 2 unspecified atom stereocenters. The molecule has 2 atom stereocenters. The Morgan fingerprint density at radius 3 is 2.15 bits per heavy atom. The monoisotopic (exact) mass is 526 g/mol. The first kappa shape index (κ1) is 24.5. The van der Waals surface area contributed by atoms with Gasteiger partial charge < -0.3 is 5.73 Å². The number of rotatable bonds is 7. The first-order valence-electron chi connectivity index (χ1n) is 12.4. The van der Waals surface area contributed by atoms with Gasteiger partial charge in [0, 0.05) is 11.8 Å². The topological polar surface area (TPSA) is 106 Å². The third kappa shape index (κ3) is 4.10. The Bertz CT molecular complexity index is 1080. The summed E-state index contributed by atoms with van der Waals surface area (Å²) in [5.41, 5.74) is 4.28. The Balaban J connectivity index is 1.40. The molecule has 1 amide bonds. The fourth-order valence-electron chi connectivity index (χ4n) is 7.81. The number of hydrogen-bond acceptors (Lipinski definition) is 4. The summed E-state index contributed by atoms with van der Waals surface area (Å²) in [7, 11) is -4.10. The van der Waals surface area contributed by atoms with Gasteiger partial charge in [-0.3, -0.25) is 9.59 Å². The van der Waals surface area contributed by atoms with Crippen LogP contribution in [0.25, 0.3) is 0 Å². The molecule has 0 aromatic heterocycles. The Kier molecular flexibility index (Phi) is 6.32. The van der Waals surface area contributed by atoms with Gasteiger partial charge in [0.2, 0.25) is 15.9 Å². The molecule has 5 aliphatic rings. The van der Waals surface area contributed by atoms with Crippen LogP contribution in [0.5, 0.6) is 0 Å². The largest absolute Gasteiger partial charge is 0.369 e. The van der Waals surface area contributed by atoms with Crippen LogP contribution >= 0.6 is 23.2 Å². The number of halogens is 2. The van der Waals surface area contributed by atoms with Crippen molar-refractivity contribution in [2.45, 2.75) is 81.1 Å². The molecule has 6 rings (SSSR count). The standard InChI is InChI=1S/C25H32Cl2N2O4S/c26-19-5-4-6-20(27)22(19)34(32,33)29-25(7-2-1-3-8-25)21(30)11-18-16-9-15-10-17(18)14-24(12-15,13-16)23(28)31/h4-6,15-18,29H,1-3,7-14H2,(H2,28,31). The first-order valence-corrected chi connectivity index (χ1v) is 14.6. The highest BCUT2D eigenvalue weighted by Crippen LogP contribution is 2.63. The van der Waals surface area contributed by atoms with Gasteiger partial charge in [-0.15, -0.1) is 0 Å². The lowest BCUT2D eigenvalue weighted by Crippen LogP contribution is -2.59. The molecule has 1 aromatic rings. The number of ketones is 1. The van der Waals surface area contributed by atoms with E-state index in [4.69, 9.17) is 28.9 Å². The summed E-state index contributed by atoms with van der Waals surface area (Å²) in [5, 5.41) is 0.0763. The zero-order valence-corrected chi connectivity index (χ0v) is 21.5. The van der Waals surface area contributed by atoms with Crippen molar-refractivity contribution in [3.63, 3.8) is 0 Å². The molecule has 6 nitrogen and oxygen atoms in total. The highest BCUT2D eigenvalue weighted by molar-refractivity contribution is 7.89. The van der Waals surface area contributed by atoms with Crippen LogP contribution in [0.3, 0.4) is 0 Å². The molecule has 0 radical (unpaired) electrons. The van der Waals surface area contributed by atoms with E-state index in [1.165, 1.54) is 12.1 Å². The number of nitrogens with two attached hydrogens (primary N) is 1. The van der Waals surface area contributed by atoms with Gasteiger partial charge in [-0.1, -0.05) is 48.5 Å². The van der Waals surface area contributed by atoms with E-state index < -0.39 is 21.0 Å². The summed E-state index contributed by atoms with van der Waals surface area (Å²) in [6.45, 7) is 0. The van der Waals surface area contributed by atoms with Crippen LogP contribution in [0.15, 0.2) is 23.1 Å². The van der Waals surface area contributed by atoms with Crippen molar-refractivity contribution < 1.29 is 18.0 Å².